The van der Waals surface area contributed by atoms with Gasteiger partial charge in [-0.2, -0.15) is 0 Å². The van der Waals surface area contributed by atoms with Crippen LogP contribution in [-0.2, 0) is 11.2 Å². The molecule has 4 nitrogen and oxygen atoms in total. The van der Waals surface area contributed by atoms with E-state index in [1.165, 1.54) is 0 Å². The molecule has 0 saturated heterocycles. The lowest BCUT2D eigenvalue weighted by molar-refractivity contribution is -0.134. The average molecular weight is 448 g/mol. The lowest BCUT2D eigenvalue weighted by atomic mass is 10.00. The molecule has 1 aromatic heterocycles. The maximum absolute atomic E-state index is 12.5. The zero-order chi connectivity index (χ0) is 18.0. The molecule has 0 amide bonds. The highest BCUT2D eigenvalue weighted by Gasteiger charge is 2.17. The molecule has 25 heavy (non-hydrogen) atoms. The van der Waals surface area contributed by atoms with Crippen LogP contribution in [0.5, 0.6) is 5.75 Å². The molecule has 0 unspecified atom stereocenters. The second kappa shape index (κ2) is 7.39. The number of rotatable bonds is 4. The first-order chi connectivity index (χ1) is 12.0. The molecule has 0 aliphatic rings. The summed E-state index contributed by atoms with van der Waals surface area (Å²) in [6.07, 6.45) is 0.807. The van der Waals surface area contributed by atoms with Gasteiger partial charge in [-0.1, -0.05) is 37.3 Å². The Labute approximate surface area is 158 Å². The molecular weight excluding hydrogens is 431 g/mol. The molecular formula is C20H17IO4. The first-order valence-corrected chi connectivity index (χ1v) is 9.08. The molecule has 0 radical (unpaired) electrons. The van der Waals surface area contributed by atoms with Gasteiger partial charge in [-0.15, -0.1) is 0 Å². The van der Waals surface area contributed by atoms with Gasteiger partial charge in [0, 0.05) is 23.8 Å². The lowest BCUT2D eigenvalue weighted by Gasteiger charge is -2.11. The Morgan fingerprint density at radius 1 is 1.16 bits per heavy atom. The fraction of sp³-hybridized carbons (Fsp3) is 0.200. The maximum Gasteiger partial charge on any atom is 0.340 e. The number of fused-ring (bicyclic) bond motifs is 1. The minimum atomic E-state index is -0.356. The van der Waals surface area contributed by atoms with Crippen LogP contribution in [0.25, 0.3) is 11.0 Å². The van der Waals surface area contributed by atoms with Gasteiger partial charge in [-0.25, -0.2) is 4.79 Å². The standard InChI is InChI=1S/C20H17IO4/c1-3-17(22)24-16-10-9-14-12(2)15(11-13-7-5-4-6-8-13)20(23)25-19(14)18(16)21/h4-10H,3,11H2,1-2H3. The van der Waals surface area contributed by atoms with Crippen LogP contribution in [0.1, 0.15) is 30.0 Å². The highest BCUT2D eigenvalue weighted by molar-refractivity contribution is 14.1. The van der Waals surface area contributed by atoms with Crippen LogP contribution in [0, 0.1) is 10.5 Å². The van der Waals surface area contributed by atoms with Crippen molar-refractivity contribution in [1.82, 2.24) is 0 Å². The SMILES string of the molecule is CCC(=O)Oc1ccc2c(C)c(Cc3ccccc3)c(=O)oc2c1I. The number of carbonyl (C=O) groups is 1. The minimum absolute atomic E-state index is 0.285. The van der Waals surface area contributed by atoms with Crippen molar-refractivity contribution in [2.24, 2.45) is 0 Å². The van der Waals surface area contributed by atoms with Crippen molar-refractivity contribution in [2.45, 2.75) is 26.7 Å². The number of benzene rings is 2. The Morgan fingerprint density at radius 2 is 1.88 bits per heavy atom. The molecule has 0 aliphatic carbocycles. The minimum Gasteiger partial charge on any atom is -0.425 e. The van der Waals surface area contributed by atoms with Crippen LogP contribution >= 0.6 is 22.6 Å². The predicted molar refractivity (Wildman–Crippen MR) is 105 cm³/mol. The van der Waals surface area contributed by atoms with Gasteiger partial charge < -0.3 is 9.15 Å². The molecule has 0 bridgehead atoms. The van der Waals surface area contributed by atoms with Crippen molar-refractivity contribution in [3.63, 3.8) is 0 Å². The third-order valence-electron chi connectivity index (χ3n) is 4.10. The molecule has 0 aliphatic heterocycles. The molecule has 3 rings (SSSR count). The van der Waals surface area contributed by atoms with E-state index < -0.39 is 0 Å². The summed E-state index contributed by atoms with van der Waals surface area (Å²) in [5, 5.41) is 0.853. The van der Waals surface area contributed by atoms with Crippen molar-refractivity contribution in [1.29, 1.82) is 0 Å². The van der Waals surface area contributed by atoms with Crippen molar-refractivity contribution >= 4 is 39.5 Å². The van der Waals surface area contributed by atoms with Gasteiger partial charge >= 0.3 is 11.6 Å². The Hall–Kier alpha value is -2.15. The van der Waals surface area contributed by atoms with Gasteiger partial charge in [0.05, 0.1) is 3.57 Å². The first-order valence-electron chi connectivity index (χ1n) is 8.00. The molecule has 5 heteroatoms. The van der Waals surface area contributed by atoms with Crippen LogP contribution in [-0.4, -0.2) is 5.97 Å². The van der Waals surface area contributed by atoms with Crippen LogP contribution < -0.4 is 10.4 Å². The Balaban J connectivity index is 2.10. The van der Waals surface area contributed by atoms with Gasteiger partial charge in [-0.05, 0) is 52.8 Å². The number of carbonyl (C=O) groups excluding carboxylic acids is 1. The third kappa shape index (κ3) is 3.61. The Bertz CT molecular complexity index is 990. The van der Waals surface area contributed by atoms with Crippen molar-refractivity contribution in [3.8, 4) is 5.75 Å². The predicted octanol–water partition coefficient (Wildman–Crippen LogP) is 4.61. The lowest BCUT2D eigenvalue weighted by Crippen LogP contribution is -2.12. The van der Waals surface area contributed by atoms with E-state index in [1.807, 2.05) is 65.9 Å². The zero-order valence-corrected chi connectivity index (χ0v) is 16.1. The first kappa shape index (κ1) is 17.7. The van der Waals surface area contributed by atoms with Crippen molar-refractivity contribution in [2.75, 3.05) is 0 Å². The fourth-order valence-corrected chi connectivity index (χ4v) is 3.37. The van der Waals surface area contributed by atoms with E-state index >= 15 is 0 Å². The molecule has 0 saturated carbocycles. The maximum atomic E-state index is 12.5. The van der Waals surface area contributed by atoms with Crippen LogP contribution in [0.4, 0.5) is 0 Å². The fourth-order valence-electron chi connectivity index (χ4n) is 2.68. The number of aryl methyl sites for hydroxylation is 1. The van der Waals surface area contributed by atoms with Crippen LogP contribution in [0.2, 0.25) is 0 Å². The molecule has 0 fully saturated rings. The molecule has 0 N–H and O–H groups in total. The van der Waals surface area contributed by atoms with E-state index in [0.29, 0.717) is 26.9 Å². The van der Waals surface area contributed by atoms with Crippen molar-refractivity contribution < 1.29 is 13.9 Å². The topological polar surface area (TPSA) is 56.5 Å². The summed E-state index contributed by atoms with van der Waals surface area (Å²) >= 11 is 2.05. The summed E-state index contributed by atoms with van der Waals surface area (Å²) in [7, 11) is 0. The number of esters is 1. The van der Waals surface area contributed by atoms with E-state index in [2.05, 4.69) is 0 Å². The van der Waals surface area contributed by atoms with Crippen molar-refractivity contribution in [3.05, 3.63) is 73.1 Å². The summed E-state index contributed by atoms with van der Waals surface area (Å²) in [5.41, 5.74) is 2.70. The number of hydrogen-bond acceptors (Lipinski definition) is 4. The normalized spacial score (nSPS) is 10.8. The summed E-state index contributed by atoms with van der Waals surface area (Å²) in [5.74, 6) is 0.0929. The smallest absolute Gasteiger partial charge is 0.340 e. The highest BCUT2D eigenvalue weighted by atomic mass is 127. The molecule has 3 aromatic rings. The van der Waals surface area contributed by atoms with Gasteiger partial charge in [0.2, 0.25) is 0 Å². The average Bonchev–Trinajstić information content (AvgIpc) is 2.62. The summed E-state index contributed by atoms with van der Waals surface area (Å²) in [6.45, 7) is 3.65. The van der Waals surface area contributed by atoms with E-state index in [9.17, 15) is 9.59 Å². The van der Waals surface area contributed by atoms with Gasteiger partial charge in [0.15, 0.2) is 5.58 Å². The highest BCUT2D eigenvalue weighted by Crippen LogP contribution is 2.32. The van der Waals surface area contributed by atoms with Gasteiger partial charge in [0.25, 0.3) is 0 Å². The monoisotopic (exact) mass is 448 g/mol. The zero-order valence-electron chi connectivity index (χ0n) is 14.0. The van der Waals surface area contributed by atoms with Gasteiger partial charge in [0.1, 0.15) is 5.75 Å². The van der Waals surface area contributed by atoms with Crippen LogP contribution in [0.15, 0.2) is 51.7 Å². The second-order valence-electron chi connectivity index (χ2n) is 5.74. The second-order valence-corrected chi connectivity index (χ2v) is 6.82. The molecule has 0 spiro atoms. The van der Waals surface area contributed by atoms with Crippen LogP contribution in [0.3, 0.4) is 0 Å². The van der Waals surface area contributed by atoms with E-state index in [1.54, 1.807) is 13.0 Å². The summed E-state index contributed by atoms with van der Waals surface area (Å²) in [4.78, 5) is 24.1. The van der Waals surface area contributed by atoms with E-state index in [-0.39, 0.29) is 18.0 Å². The number of hydrogen-bond donors (Lipinski definition) is 0. The molecule has 128 valence electrons. The Kier molecular flexibility index (Phi) is 5.22. The number of halogens is 1. The van der Waals surface area contributed by atoms with Gasteiger partial charge in [-0.3, -0.25) is 4.79 Å². The Morgan fingerprint density at radius 3 is 2.56 bits per heavy atom. The third-order valence-corrected chi connectivity index (χ3v) is 5.12. The quantitative estimate of drug-likeness (QED) is 0.253. The largest absolute Gasteiger partial charge is 0.425 e. The van der Waals surface area contributed by atoms with E-state index in [4.69, 9.17) is 9.15 Å². The molecule has 0 atom stereocenters. The molecule has 2 aromatic carbocycles. The summed E-state index contributed by atoms with van der Waals surface area (Å²) < 4.78 is 11.5. The molecule has 1 heterocycles. The van der Waals surface area contributed by atoms with E-state index in [0.717, 1.165) is 16.5 Å². The summed E-state index contributed by atoms with van der Waals surface area (Å²) in [6, 6.07) is 13.4. The number of ether oxygens (including phenoxy) is 1.